The Bertz CT molecular complexity index is 1490. The summed E-state index contributed by atoms with van der Waals surface area (Å²) in [5, 5.41) is 7.60. The number of aromatic nitrogens is 1. The fourth-order valence-corrected chi connectivity index (χ4v) is 6.25. The molecule has 206 valence electrons. The minimum Gasteiger partial charge on any atom is -0.355 e. The highest BCUT2D eigenvalue weighted by Crippen LogP contribution is 2.38. The SMILES string of the molecule is CC(=O)NCCn1cc(CN(C(=O)[C@H]2CNCC[C@@H]2c2cccc(-c3ccccc3)c2)C2CC2)c2ccccc21. The fraction of sp³-hybridized carbons (Fsp3) is 0.353. The van der Waals surface area contributed by atoms with Crippen LogP contribution >= 0.6 is 0 Å². The number of amides is 2. The number of carbonyl (C=O) groups excluding carboxylic acids is 2. The van der Waals surface area contributed by atoms with Crippen molar-refractivity contribution in [3.8, 4) is 11.1 Å². The van der Waals surface area contributed by atoms with Crippen LogP contribution in [0.15, 0.2) is 85.1 Å². The molecule has 4 aromatic rings. The molecule has 2 aliphatic rings. The zero-order chi connectivity index (χ0) is 27.5. The van der Waals surface area contributed by atoms with Crippen molar-refractivity contribution in [3.05, 3.63) is 96.2 Å². The second kappa shape index (κ2) is 11.7. The van der Waals surface area contributed by atoms with Crippen LogP contribution in [0.3, 0.4) is 0 Å². The minimum absolute atomic E-state index is 0.0212. The van der Waals surface area contributed by atoms with Crippen molar-refractivity contribution in [2.45, 2.75) is 51.2 Å². The van der Waals surface area contributed by atoms with Gasteiger partial charge in [0.25, 0.3) is 0 Å². The second-order valence-corrected chi connectivity index (χ2v) is 11.2. The summed E-state index contributed by atoms with van der Waals surface area (Å²) >= 11 is 0. The normalized spacial score (nSPS) is 18.9. The van der Waals surface area contributed by atoms with Gasteiger partial charge < -0.3 is 20.1 Å². The van der Waals surface area contributed by atoms with Gasteiger partial charge in [0.15, 0.2) is 0 Å². The molecule has 2 fully saturated rings. The third-order valence-corrected chi connectivity index (χ3v) is 8.43. The number of nitrogens with one attached hydrogen (secondary N) is 2. The molecule has 0 unspecified atom stereocenters. The van der Waals surface area contributed by atoms with E-state index >= 15 is 0 Å². The van der Waals surface area contributed by atoms with E-state index in [1.165, 1.54) is 27.6 Å². The molecule has 1 saturated carbocycles. The van der Waals surface area contributed by atoms with Crippen molar-refractivity contribution in [1.82, 2.24) is 20.1 Å². The number of carbonyl (C=O) groups is 2. The highest BCUT2D eigenvalue weighted by atomic mass is 16.2. The molecule has 1 aromatic heterocycles. The summed E-state index contributed by atoms with van der Waals surface area (Å²) in [4.78, 5) is 27.9. The topological polar surface area (TPSA) is 66.4 Å². The standard InChI is InChI=1S/C34H38N4O2/c1-24(39)36-18-19-37-22-28(31-12-5-6-13-33(31)37)23-38(29-14-15-29)34(40)32-21-35-17-16-30(32)27-11-7-10-26(20-27)25-8-3-2-4-9-25/h2-13,20,22,29-30,32,35H,14-19,21,23H2,1H3,(H,36,39)/t30-,32+/m1/s1. The first kappa shape index (κ1) is 26.3. The van der Waals surface area contributed by atoms with Gasteiger partial charge in [0.2, 0.25) is 11.8 Å². The van der Waals surface area contributed by atoms with Gasteiger partial charge >= 0.3 is 0 Å². The third kappa shape index (κ3) is 5.68. The molecular weight excluding hydrogens is 496 g/mol. The molecule has 3 aromatic carbocycles. The molecule has 6 heteroatoms. The Hall–Kier alpha value is -3.90. The number of para-hydroxylation sites is 1. The lowest BCUT2D eigenvalue weighted by atomic mass is 9.79. The Morgan fingerprint density at radius 2 is 1.73 bits per heavy atom. The quantitative estimate of drug-likeness (QED) is 0.305. The first-order chi connectivity index (χ1) is 19.6. The van der Waals surface area contributed by atoms with Gasteiger partial charge in [0.05, 0.1) is 5.92 Å². The van der Waals surface area contributed by atoms with Crippen LogP contribution in [0.4, 0.5) is 0 Å². The molecule has 1 saturated heterocycles. The summed E-state index contributed by atoms with van der Waals surface area (Å²) in [5.41, 5.74) is 5.97. The first-order valence-corrected chi connectivity index (χ1v) is 14.6. The van der Waals surface area contributed by atoms with Gasteiger partial charge in [-0.05, 0) is 60.0 Å². The van der Waals surface area contributed by atoms with E-state index in [1.807, 2.05) is 12.1 Å². The maximum absolute atomic E-state index is 14.3. The highest BCUT2D eigenvalue weighted by Gasteiger charge is 2.40. The van der Waals surface area contributed by atoms with Crippen LogP contribution in [-0.4, -0.2) is 47.0 Å². The van der Waals surface area contributed by atoms with Gasteiger partial charge in [-0.15, -0.1) is 0 Å². The summed E-state index contributed by atoms with van der Waals surface area (Å²) < 4.78 is 2.20. The molecule has 2 atom stereocenters. The summed E-state index contributed by atoms with van der Waals surface area (Å²) in [6.45, 7) is 5.07. The molecular formula is C34H38N4O2. The van der Waals surface area contributed by atoms with E-state index in [2.05, 4.69) is 93.0 Å². The second-order valence-electron chi connectivity index (χ2n) is 11.2. The molecule has 6 nitrogen and oxygen atoms in total. The van der Waals surface area contributed by atoms with E-state index in [0.717, 1.165) is 31.3 Å². The molecule has 2 N–H and O–H groups in total. The predicted octanol–water partition coefficient (Wildman–Crippen LogP) is 5.33. The molecule has 1 aliphatic carbocycles. The van der Waals surface area contributed by atoms with E-state index in [9.17, 15) is 9.59 Å². The largest absolute Gasteiger partial charge is 0.355 e. The van der Waals surface area contributed by atoms with Crippen molar-refractivity contribution >= 4 is 22.7 Å². The Morgan fingerprint density at radius 1 is 0.950 bits per heavy atom. The van der Waals surface area contributed by atoms with Gasteiger partial charge in [0.1, 0.15) is 0 Å². The summed E-state index contributed by atoms with van der Waals surface area (Å²) in [7, 11) is 0. The minimum atomic E-state index is -0.0894. The van der Waals surface area contributed by atoms with Gasteiger partial charge in [-0.25, -0.2) is 0 Å². The summed E-state index contributed by atoms with van der Waals surface area (Å²) in [6, 6.07) is 28.0. The molecule has 6 rings (SSSR count). The number of rotatable bonds is 9. The molecule has 0 bridgehead atoms. The number of fused-ring (bicyclic) bond motifs is 1. The van der Waals surface area contributed by atoms with Crippen LogP contribution in [0.1, 0.15) is 43.2 Å². The van der Waals surface area contributed by atoms with Gasteiger partial charge in [-0.2, -0.15) is 0 Å². The van der Waals surface area contributed by atoms with Gasteiger partial charge in [-0.3, -0.25) is 9.59 Å². The Balaban J connectivity index is 1.26. The third-order valence-electron chi connectivity index (χ3n) is 8.43. The maximum atomic E-state index is 14.3. The molecule has 2 heterocycles. The van der Waals surface area contributed by atoms with Crippen molar-refractivity contribution in [2.24, 2.45) is 5.92 Å². The van der Waals surface area contributed by atoms with Crippen molar-refractivity contribution in [3.63, 3.8) is 0 Å². The summed E-state index contributed by atoms with van der Waals surface area (Å²) in [5.74, 6) is 0.346. The average molecular weight is 535 g/mol. The lowest BCUT2D eigenvalue weighted by Gasteiger charge is -2.36. The zero-order valence-corrected chi connectivity index (χ0v) is 23.2. The monoisotopic (exact) mass is 534 g/mol. The number of piperidine rings is 1. The molecule has 1 aliphatic heterocycles. The van der Waals surface area contributed by atoms with Crippen molar-refractivity contribution in [1.29, 1.82) is 0 Å². The van der Waals surface area contributed by atoms with Crippen molar-refractivity contribution < 1.29 is 9.59 Å². The number of nitrogens with zero attached hydrogens (tertiary/aromatic N) is 2. The molecule has 0 radical (unpaired) electrons. The number of hydrogen-bond donors (Lipinski definition) is 2. The summed E-state index contributed by atoms with van der Waals surface area (Å²) in [6.07, 6.45) is 5.27. The Kier molecular flexibility index (Phi) is 7.69. The zero-order valence-electron chi connectivity index (χ0n) is 23.2. The highest BCUT2D eigenvalue weighted by molar-refractivity contribution is 5.86. The van der Waals surface area contributed by atoms with Gasteiger partial charge in [-0.1, -0.05) is 72.8 Å². The molecule has 2 amide bonds. The van der Waals surface area contributed by atoms with Crippen LogP contribution in [0.5, 0.6) is 0 Å². The molecule has 40 heavy (non-hydrogen) atoms. The van der Waals surface area contributed by atoms with Crippen LogP contribution in [-0.2, 0) is 22.7 Å². The van der Waals surface area contributed by atoms with E-state index < -0.39 is 0 Å². The molecule has 0 spiro atoms. The van der Waals surface area contributed by atoms with E-state index in [-0.39, 0.29) is 23.7 Å². The Labute approximate surface area is 236 Å². The Morgan fingerprint density at radius 3 is 2.52 bits per heavy atom. The van der Waals surface area contributed by atoms with E-state index in [4.69, 9.17) is 0 Å². The smallest absolute Gasteiger partial charge is 0.228 e. The lowest BCUT2D eigenvalue weighted by Crippen LogP contribution is -2.47. The van der Waals surface area contributed by atoms with Crippen LogP contribution in [0.25, 0.3) is 22.0 Å². The fourth-order valence-electron chi connectivity index (χ4n) is 6.25. The van der Waals surface area contributed by atoms with Crippen molar-refractivity contribution in [2.75, 3.05) is 19.6 Å². The first-order valence-electron chi connectivity index (χ1n) is 14.6. The van der Waals surface area contributed by atoms with Crippen LogP contribution in [0, 0.1) is 5.92 Å². The van der Waals surface area contributed by atoms with Gasteiger partial charge in [0, 0.05) is 56.2 Å². The average Bonchev–Trinajstić information content (AvgIpc) is 3.78. The predicted molar refractivity (Wildman–Crippen MR) is 160 cm³/mol. The number of benzene rings is 3. The van der Waals surface area contributed by atoms with Crippen LogP contribution in [0.2, 0.25) is 0 Å². The van der Waals surface area contributed by atoms with Crippen LogP contribution < -0.4 is 10.6 Å². The number of hydrogen-bond acceptors (Lipinski definition) is 3. The van der Waals surface area contributed by atoms with E-state index in [1.54, 1.807) is 6.92 Å². The maximum Gasteiger partial charge on any atom is 0.228 e. The van der Waals surface area contributed by atoms with E-state index in [0.29, 0.717) is 32.2 Å². The lowest BCUT2D eigenvalue weighted by molar-refractivity contribution is -0.138.